The van der Waals surface area contributed by atoms with Crippen LogP contribution >= 0.6 is 0 Å². The third-order valence-electron chi connectivity index (χ3n) is 5.29. The number of nitrogens with one attached hydrogen (secondary N) is 1. The third kappa shape index (κ3) is 5.90. The largest absolute Gasteiger partial charge is 0.497 e. The number of benzene rings is 2. The third-order valence-corrected chi connectivity index (χ3v) is 5.29. The van der Waals surface area contributed by atoms with Crippen LogP contribution in [-0.4, -0.2) is 43.2 Å². The molecule has 1 aliphatic heterocycles. The Balaban J connectivity index is 1.70. The number of carbonyl (C=O) groups is 2. The molecule has 0 aromatic heterocycles. The summed E-state index contributed by atoms with van der Waals surface area (Å²) in [4.78, 5) is 27.4. The Morgan fingerprint density at radius 2 is 1.81 bits per heavy atom. The fourth-order valence-electron chi connectivity index (χ4n) is 3.40. The van der Waals surface area contributed by atoms with E-state index in [2.05, 4.69) is 5.32 Å². The average Bonchev–Trinajstić information content (AvgIpc) is 3.27. The number of fused-ring (bicyclic) bond motifs is 1. The number of ether oxygens (including phenoxy) is 3. The molecule has 0 saturated carbocycles. The second-order valence-electron chi connectivity index (χ2n) is 7.52. The molecule has 2 aromatic rings. The molecule has 1 N–H and O–H groups in total. The maximum atomic E-state index is 13.2. The van der Waals surface area contributed by atoms with Crippen molar-refractivity contribution in [1.82, 2.24) is 10.2 Å². The molecule has 3 rings (SSSR count). The van der Waals surface area contributed by atoms with Crippen LogP contribution < -0.4 is 19.5 Å². The van der Waals surface area contributed by atoms with E-state index in [1.165, 1.54) is 0 Å². The van der Waals surface area contributed by atoms with E-state index in [1.807, 2.05) is 49.4 Å². The number of hydrogen-bond donors (Lipinski definition) is 1. The highest BCUT2D eigenvalue weighted by Crippen LogP contribution is 2.32. The molecule has 1 atom stereocenters. The van der Waals surface area contributed by atoms with Crippen LogP contribution in [0.5, 0.6) is 17.2 Å². The molecular weight excluding hydrogens is 396 g/mol. The number of nitrogens with zero attached hydrogens (tertiary/aromatic N) is 1. The summed E-state index contributed by atoms with van der Waals surface area (Å²) in [6.07, 6.45) is 1.69. The lowest BCUT2D eigenvalue weighted by Crippen LogP contribution is -2.47. The maximum absolute atomic E-state index is 13.2. The van der Waals surface area contributed by atoms with E-state index in [4.69, 9.17) is 14.2 Å². The van der Waals surface area contributed by atoms with Gasteiger partial charge in [0.2, 0.25) is 18.6 Å². The monoisotopic (exact) mass is 426 g/mol. The molecule has 1 heterocycles. The van der Waals surface area contributed by atoms with Crippen LogP contribution in [0, 0.1) is 0 Å². The van der Waals surface area contributed by atoms with Crippen LogP contribution in [0.25, 0.3) is 0 Å². The number of amides is 2. The molecule has 0 saturated heterocycles. The van der Waals surface area contributed by atoms with E-state index in [9.17, 15) is 9.59 Å². The summed E-state index contributed by atoms with van der Waals surface area (Å²) in [7, 11) is 1.61. The van der Waals surface area contributed by atoms with Crippen molar-refractivity contribution >= 4 is 11.8 Å². The Labute approximate surface area is 183 Å². The second kappa shape index (κ2) is 10.7. The van der Waals surface area contributed by atoms with Crippen LogP contribution in [0.1, 0.15) is 37.8 Å². The van der Waals surface area contributed by atoms with Gasteiger partial charge in [-0.3, -0.25) is 9.59 Å². The van der Waals surface area contributed by atoms with E-state index in [0.717, 1.165) is 29.0 Å². The first-order chi connectivity index (χ1) is 15.0. The van der Waals surface area contributed by atoms with Crippen molar-refractivity contribution in [3.05, 3.63) is 53.6 Å². The van der Waals surface area contributed by atoms with Gasteiger partial charge in [-0.05, 0) is 55.2 Å². The zero-order chi connectivity index (χ0) is 22.2. The van der Waals surface area contributed by atoms with Crippen molar-refractivity contribution in [2.45, 2.75) is 45.7 Å². The van der Waals surface area contributed by atoms with Gasteiger partial charge in [-0.25, -0.2) is 0 Å². The molecule has 0 aliphatic carbocycles. The van der Waals surface area contributed by atoms with Gasteiger partial charge in [-0.15, -0.1) is 0 Å². The van der Waals surface area contributed by atoms with Gasteiger partial charge in [0.25, 0.3) is 0 Å². The first-order valence-electron chi connectivity index (χ1n) is 10.6. The number of methoxy groups -OCH3 is 1. The average molecular weight is 427 g/mol. The highest BCUT2D eigenvalue weighted by molar-refractivity contribution is 5.87. The minimum absolute atomic E-state index is 0.0763. The second-order valence-corrected chi connectivity index (χ2v) is 7.52. The predicted molar refractivity (Wildman–Crippen MR) is 117 cm³/mol. The predicted octanol–water partition coefficient (Wildman–Crippen LogP) is 3.30. The summed E-state index contributed by atoms with van der Waals surface area (Å²) >= 11 is 0. The molecular formula is C24H30N2O5. The maximum Gasteiger partial charge on any atom is 0.242 e. The normalized spacial score (nSPS) is 12.9. The van der Waals surface area contributed by atoms with Crippen LogP contribution in [0.15, 0.2) is 42.5 Å². The fourth-order valence-corrected chi connectivity index (χ4v) is 3.40. The molecule has 7 nitrogen and oxygen atoms in total. The van der Waals surface area contributed by atoms with E-state index in [1.54, 1.807) is 18.9 Å². The van der Waals surface area contributed by atoms with Crippen molar-refractivity contribution in [2.75, 3.05) is 20.4 Å². The molecule has 31 heavy (non-hydrogen) atoms. The van der Waals surface area contributed by atoms with Crippen molar-refractivity contribution in [2.24, 2.45) is 0 Å². The van der Waals surface area contributed by atoms with Gasteiger partial charge in [-0.2, -0.15) is 0 Å². The van der Waals surface area contributed by atoms with E-state index < -0.39 is 6.04 Å². The highest BCUT2D eigenvalue weighted by atomic mass is 16.7. The number of hydrogen-bond acceptors (Lipinski definition) is 5. The smallest absolute Gasteiger partial charge is 0.242 e. The van der Waals surface area contributed by atoms with Crippen molar-refractivity contribution < 1.29 is 23.8 Å². The summed E-state index contributed by atoms with van der Waals surface area (Å²) in [6, 6.07) is 12.7. The molecule has 7 heteroatoms. The minimum Gasteiger partial charge on any atom is -0.497 e. The van der Waals surface area contributed by atoms with Gasteiger partial charge >= 0.3 is 0 Å². The molecule has 0 radical (unpaired) electrons. The minimum atomic E-state index is -0.571. The van der Waals surface area contributed by atoms with Gasteiger partial charge in [0.05, 0.1) is 7.11 Å². The van der Waals surface area contributed by atoms with Crippen LogP contribution in [0.2, 0.25) is 0 Å². The standard InChI is InChI=1S/C24H30N2O5/c1-4-13-25-24(28)17(2)26(15-19-5-9-20(29-3)10-6-19)23(27)12-8-18-7-11-21-22(14-18)31-16-30-21/h5-7,9-11,14,17H,4,8,12-13,15-16H2,1-3H3,(H,25,28). The van der Waals surface area contributed by atoms with Gasteiger partial charge in [0.1, 0.15) is 11.8 Å². The first kappa shape index (κ1) is 22.5. The molecule has 1 aliphatic rings. The quantitative estimate of drug-likeness (QED) is 0.631. The summed E-state index contributed by atoms with van der Waals surface area (Å²) in [5, 5.41) is 2.89. The Bertz CT molecular complexity index is 897. The fraction of sp³-hybridized carbons (Fsp3) is 0.417. The number of rotatable bonds is 10. The van der Waals surface area contributed by atoms with Crippen molar-refractivity contribution in [1.29, 1.82) is 0 Å². The molecule has 1 unspecified atom stereocenters. The molecule has 0 fully saturated rings. The van der Waals surface area contributed by atoms with Crippen LogP contribution in [-0.2, 0) is 22.6 Å². The lowest BCUT2D eigenvalue weighted by Gasteiger charge is -2.29. The molecule has 166 valence electrons. The van der Waals surface area contributed by atoms with Crippen molar-refractivity contribution in [3.8, 4) is 17.2 Å². The summed E-state index contributed by atoms with van der Waals surface area (Å²) < 4.78 is 16.0. The lowest BCUT2D eigenvalue weighted by molar-refractivity contribution is -0.140. The lowest BCUT2D eigenvalue weighted by atomic mass is 10.1. The first-order valence-corrected chi connectivity index (χ1v) is 10.6. The SMILES string of the molecule is CCCNC(=O)C(C)N(Cc1ccc(OC)cc1)C(=O)CCc1ccc2c(c1)OCO2. The van der Waals surface area contributed by atoms with E-state index in [-0.39, 0.29) is 18.6 Å². The summed E-state index contributed by atoms with van der Waals surface area (Å²) in [5.74, 6) is 1.95. The highest BCUT2D eigenvalue weighted by Gasteiger charge is 2.26. The Morgan fingerprint density at radius 3 is 2.52 bits per heavy atom. The number of carbonyl (C=O) groups excluding carboxylic acids is 2. The van der Waals surface area contributed by atoms with E-state index in [0.29, 0.717) is 31.7 Å². The Hall–Kier alpha value is -3.22. The zero-order valence-corrected chi connectivity index (χ0v) is 18.3. The zero-order valence-electron chi connectivity index (χ0n) is 18.3. The molecule has 2 amide bonds. The summed E-state index contributed by atoms with van der Waals surface area (Å²) in [6.45, 7) is 4.93. The van der Waals surface area contributed by atoms with Gasteiger partial charge in [0.15, 0.2) is 11.5 Å². The number of aryl methyl sites for hydroxylation is 1. The van der Waals surface area contributed by atoms with Crippen LogP contribution in [0.4, 0.5) is 0 Å². The van der Waals surface area contributed by atoms with Crippen LogP contribution in [0.3, 0.4) is 0 Å². The summed E-state index contributed by atoms with van der Waals surface area (Å²) in [5.41, 5.74) is 1.93. The van der Waals surface area contributed by atoms with Gasteiger partial charge in [0, 0.05) is 19.5 Å². The van der Waals surface area contributed by atoms with Crippen molar-refractivity contribution in [3.63, 3.8) is 0 Å². The van der Waals surface area contributed by atoms with Gasteiger partial charge in [-0.1, -0.05) is 25.1 Å². The van der Waals surface area contributed by atoms with Gasteiger partial charge < -0.3 is 24.4 Å². The molecule has 0 bridgehead atoms. The molecule has 0 spiro atoms. The topological polar surface area (TPSA) is 77.1 Å². The molecule has 2 aromatic carbocycles. The Kier molecular flexibility index (Phi) is 7.76. The Morgan fingerprint density at radius 1 is 1.10 bits per heavy atom. The van der Waals surface area contributed by atoms with E-state index >= 15 is 0 Å².